The van der Waals surface area contributed by atoms with E-state index in [2.05, 4.69) is 21.9 Å². The minimum atomic E-state index is 0.0796. The molecule has 3 heterocycles. The minimum Gasteiger partial charge on any atom is -0.336 e. The fourth-order valence-corrected chi connectivity index (χ4v) is 4.00. The van der Waals surface area contributed by atoms with Crippen molar-refractivity contribution < 1.29 is 4.79 Å². The van der Waals surface area contributed by atoms with Gasteiger partial charge in [-0.1, -0.05) is 35.9 Å². The van der Waals surface area contributed by atoms with Crippen LogP contribution in [-0.4, -0.2) is 63.9 Å². The third kappa shape index (κ3) is 3.92. The highest BCUT2D eigenvalue weighted by molar-refractivity contribution is 6.30. The standard InChI is InChI=1S/C24H22ClN5O/c1-29-12-14-30(15-13-29)24(31)18-4-2-17(3-5-18)22-27-21-20(10-11-26-23(21)28-22)16-6-8-19(25)9-7-16/h2-11H,12-15H2,1H3,(H,26,27,28). The van der Waals surface area contributed by atoms with Gasteiger partial charge in [-0.2, -0.15) is 0 Å². The lowest BCUT2D eigenvalue weighted by molar-refractivity contribution is 0.0664. The molecule has 1 saturated heterocycles. The molecule has 1 aliphatic rings. The molecule has 31 heavy (non-hydrogen) atoms. The summed E-state index contributed by atoms with van der Waals surface area (Å²) in [6, 6.07) is 17.3. The van der Waals surface area contributed by atoms with Gasteiger partial charge in [-0.15, -0.1) is 0 Å². The summed E-state index contributed by atoms with van der Waals surface area (Å²) >= 11 is 6.03. The molecule has 0 unspecified atom stereocenters. The topological polar surface area (TPSA) is 65.1 Å². The summed E-state index contributed by atoms with van der Waals surface area (Å²) in [7, 11) is 2.08. The van der Waals surface area contributed by atoms with Crippen molar-refractivity contribution in [3.05, 3.63) is 71.4 Å². The van der Waals surface area contributed by atoms with Gasteiger partial charge in [-0.25, -0.2) is 9.97 Å². The second-order valence-electron chi connectivity index (χ2n) is 7.82. The summed E-state index contributed by atoms with van der Waals surface area (Å²) in [6.45, 7) is 3.34. The molecule has 2 aromatic heterocycles. The number of H-pyrrole nitrogens is 1. The minimum absolute atomic E-state index is 0.0796. The van der Waals surface area contributed by atoms with Crippen LogP contribution in [0.5, 0.6) is 0 Å². The van der Waals surface area contributed by atoms with Gasteiger partial charge in [0.1, 0.15) is 11.3 Å². The van der Waals surface area contributed by atoms with Crippen LogP contribution in [0.15, 0.2) is 60.8 Å². The highest BCUT2D eigenvalue weighted by Gasteiger charge is 2.20. The lowest BCUT2D eigenvalue weighted by Gasteiger charge is -2.32. The summed E-state index contributed by atoms with van der Waals surface area (Å²) in [5.41, 5.74) is 5.16. The van der Waals surface area contributed by atoms with Crippen LogP contribution >= 0.6 is 11.6 Å². The van der Waals surface area contributed by atoms with Crippen molar-refractivity contribution in [2.75, 3.05) is 33.2 Å². The molecule has 1 amide bonds. The maximum Gasteiger partial charge on any atom is 0.253 e. The number of benzene rings is 2. The number of aromatic amines is 1. The molecule has 1 fully saturated rings. The summed E-state index contributed by atoms with van der Waals surface area (Å²) < 4.78 is 0. The van der Waals surface area contributed by atoms with Gasteiger partial charge in [0.25, 0.3) is 5.91 Å². The maximum atomic E-state index is 12.8. The van der Waals surface area contributed by atoms with E-state index in [9.17, 15) is 4.79 Å². The molecule has 0 bridgehead atoms. The Morgan fingerprint density at radius 1 is 0.935 bits per heavy atom. The Balaban J connectivity index is 1.43. The lowest BCUT2D eigenvalue weighted by atomic mass is 10.1. The van der Waals surface area contributed by atoms with Crippen molar-refractivity contribution in [1.82, 2.24) is 24.8 Å². The molecule has 6 nitrogen and oxygen atoms in total. The van der Waals surface area contributed by atoms with Crippen LogP contribution in [0.25, 0.3) is 33.7 Å². The zero-order valence-electron chi connectivity index (χ0n) is 17.2. The number of piperazine rings is 1. The normalized spacial score (nSPS) is 14.8. The number of carbonyl (C=O) groups excluding carboxylic acids is 1. The number of aromatic nitrogens is 3. The highest BCUT2D eigenvalue weighted by atomic mass is 35.5. The molecule has 2 aromatic carbocycles. The molecular weight excluding hydrogens is 410 g/mol. The number of carbonyl (C=O) groups is 1. The van der Waals surface area contributed by atoms with Gasteiger partial charge in [-0.05, 0) is 42.9 Å². The lowest BCUT2D eigenvalue weighted by Crippen LogP contribution is -2.47. The van der Waals surface area contributed by atoms with Crippen LogP contribution in [0.4, 0.5) is 0 Å². The van der Waals surface area contributed by atoms with Gasteiger partial charge in [0.15, 0.2) is 5.65 Å². The average Bonchev–Trinajstić information content (AvgIpc) is 3.24. The fourth-order valence-electron chi connectivity index (χ4n) is 3.87. The van der Waals surface area contributed by atoms with Crippen LogP contribution < -0.4 is 0 Å². The second-order valence-corrected chi connectivity index (χ2v) is 8.26. The molecule has 0 saturated carbocycles. The third-order valence-electron chi connectivity index (χ3n) is 5.74. The van der Waals surface area contributed by atoms with Crippen molar-refractivity contribution in [3.63, 3.8) is 0 Å². The van der Waals surface area contributed by atoms with Gasteiger partial charge in [-0.3, -0.25) is 4.79 Å². The van der Waals surface area contributed by atoms with E-state index in [-0.39, 0.29) is 5.91 Å². The molecule has 1 N–H and O–H groups in total. The Bertz CT molecular complexity index is 1230. The Morgan fingerprint density at radius 3 is 2.32 bits per heavy atom. The van der Waals surface area contributed by atoms with Crippen molar-refractivity contribution >= 4 is 28.7 Å². The van der Waals surface area contributed by atoms with E-state index < -0.39 is 0 Å². The first kappa shape index (κ1) is 19.7. The molecule has 0 atom stereocenters. The number of rotatable bonds is 3. The number of nitrogens with one attached hydrogen (secondary N) is 1. The van der Waals surface area contributed by atoms with Crippen molar-refractivity contribution in [2.45, 2.75) is 0 Å². The van der Waals surface area contributed by atoms with Gasteiger partial charge < -0.3 is 14.8 Å². The number of amides is 1. The van der Waals surface area contributed by atoms with Crippen LogP contribution in [0.1, 0.15) is 10.4 Å². The zero-order chi connectivity index (χ0) is 21.4. The number of hydrogen-bond donors (Lipinski definition) is 1. The Hall–Kier alpha value is -3.22. The van der Waals surface area contributed by atoms with Gasteiger partial charge in [0, 0.05) is 54.1 Å². The van der Waals surface area contributed by atoms with E-state index in [1.807, 2.05) is 59.5 Å². The Kier molecular flexibility index (Phi) is 5.18. The van der Waals surface area contributed by atoms with Crippen molar-refractivity contribution in [3.8, 4) is 22.5 Å². The quantitative estimate of drug-likeness (QED) is 0.524. The molecule has 156 valence electrons. The molecular formula is C24H22ClN5O. The monoisotopic (exact) mass is 431 g/mol. The first-order valence-electron chi connectivity index (χ1n) is 10.3. The van der Waals surface area contributed by atoms with Crippen LogP contribution in [0.2, 0.25) is 5.02 Å². The van der Waals surface area contributed by atoms with E-state index in [1.54, 1.807) is 6.20 Å². The summed E-state index contributed by atoms with van der Waals surface area (Å²) in [4.78, 5) is 29.5. The van der Waals surface area contributed by atoms with E-state index >= 15 is 0 Å². The first-order chi connectivity index (χ1) is 15.1. The number of nitrogens with zero attached hydrogens (tertiary/aromatic N) is 4. The average molecular weight is 432 g/mol. The third-order valence-corrected chi connectivity index (χ3v) is 5.99. The van der Waals surface area contributed by atoms with Crippen molar-refractivity contribution in [2.24, 2.45) is 0 Å². The molecule has 0 radical (unpaired) electrons. The molecule has 7 heteroatoms. The number of fused-ring (bicyclic) bond motifs is 1. The summed E-state index contributed by atoms with van der Waals surface area (Å²) in [5, 5.41) is 0.697. The van der Waals surface area contributed by atoms with Gasteiger partial charge in [0.05, 0.1) is 0 Å². The number of halogens is 1. The van der Waals surface area contributed by atoms with Gasteiger partial charge in [0.2, 0.25) is 0 Å². The first-order valence-corrected chi connectivity index (χ1v) is 10.7. The predicted molar refractivity (Wildman–Crippen MR) is 123 cm³/mol. The van der Waals surface area contributed by atoms with Crippen LogP contribution in [-0.2, 0) is 0 Å². The number of hydrogen-bond acceptors (Lipinski definition) is 4. The molecule has 1 aliphatic heterocycles. The van der Waals surface area contributed by atoms with Crippen LogP contribution in [0.3, 0.4) is 0 Å². The van der Waals surface area contributed by atoms with E-state index in [0.29, 0.717) is 10.6 Å². The molecule has 5 rings (SSSR count). The number of imidazole rings is 1. The zero-order valence-corrected chi connectivity index (χ0v) is 17.9. The Labute approximate surface area is 185 Å². The van der Waals surface area contributed by atoms with Gasteiger partial charge >= 0.3 is 0 Å². The molecule has 4 aromatic rings. The maximum absolute atomic E-state index is 12.8. The fraction of sp³-hybridized carbons (Fsp3) is 0.208. The molecule has 0 aliphatic carbocycles. The summed E-state index contributed by atoms with van der Waals surface area (Å²) in [5.74, 6) is 0.804. The SMILES string of the molecule is CN1CCN(C(=O)c2ccc(-c3nc4c(-c5ccc(Cl)cc5)ccnc4[nH]3)cc2)CC1. The van der Waals surface area contributed by atoms with E-state index in [0.717, 1.165) is 59.9 Å². The highest BCUT2D eigenvalue weighted by Crippen LogP contribution is 2.29. The van der Waals surface area contributed by atoms with E-state index in [4.69, 9.17) is 16.6 Å². The predicted octanol–water partition coefficient (Wildman–Crippen LogP) is 4.33. The Morgan fingerprint density at radius 2 is 1.61 bits per heavy atom. The molecule has 0 spiro atoms. The second kappa shape index (κ2) is 8.13. The summed E-state index contributed by atoms with van der Waals surface area (Å²) in [6.07, 6.45) is 1.77. The van der Waals surface area contributed by atoms with Crippen LogP contribution in [0, 0.1) is 0 Å². The number of pyridine rings is 1. The largest absolute Gasteiger partial charge is 0.336 e. The van der Waals surface area contributed by atoms with E-state index in [1.165, 1.54) is 0 Å². The smallest absolute Gasteiger partial charge is 0.253 e. The number of likely N-dealkylation sites (N-methyl/N-ethyl adjacent to an activating group) is 1. The van der Waals surface area contributed by atoms with Crippen molar-refractivity contribution in [1.29, 1.82) is 0 Å².